The molecule has 0 atom stereocenters. The van der Waals surface area contributed by atoms with Crippen LogP contribution in [0, 0.1) is 0 Å². The fourth-order valence-corrected chi connectivity index (χ4v) is 2.05. The van der Waals surface area contributed by atoms with E-state index in [1.54, 1.807) is 20.3 Å². The maximum absolute atomic E-state index is 9.54. The third kappa shape index (κ3) is 2.13. The van der Waals surface area contributed by atoms with E-state index in [-0.39, 0.29) is 5.75 Å². The second-order valence-electron chi connectivity index (χ2n) is 2.74. The van der Waals surface area contributed by atoms with Gasteiger partial charge in [0.25, 0.3) is 0 Å². The van der Waals surface area contributed by atoms with E-state index in [0.717, 1.165) is 10.5 Å². The standard InChI is InChI=1S/C10H14O3S/c1-12-6-7-4-5-8(11)9(13-2)10(7)14-3/h4-5,11H,6H2,1-3H3. The van der Waals surface area contributed by atoms with Gasteiger partial charge in [0.2, 0.25) is 0 Å². The van der Waals surface area contributed by atoms with Crippen LogP contribution in [-0.2, 0) is 11.3 Å². The number of hydrogen-bond acceptors (Lipinski definition) is 4. The Hall–Kier alpha value is -0.870. The van der Waals surface area contributed by atoms with Crippen LogP contribution in [0.4, 0.5) is 0 Å². The van der Waals surface area contributed by atoms with Gasteiger partial charge in [0.15, 0.2) is 11.5 Å². The van der Waals surface area contributed by atoms with Crippen molar-refractivity contribution in [3.8, 4) is 11.5 Å². The molecule has 0 fully saturated rings. The van der Waals surface area contributed by atoms with Gasteiger partial charge in [-0.1, -0.05) is 6.07 Å². The summed E-state index contributed by atoms with van der Waals surface area (Å²) in [5, 5.41) is 9.54. The zero-order valence-corrected chi connectivity index (χ0v) is 9.35. The second kappa shape index (κ2) is 5.12. The Bertz CT molecular complexity index is 312. The van der Waals surface area contributed by atoms with E-state index in [4.69, 9.17) is 9.47 Å². The van der Waals surface area contributed by atoms with E-state index in [1.165, 1.54) is 11.8 Å². The summed E-state index contributed by atoms with van der Waals surface area (Å²) in [4.78, 5) is 0.925. The fourth-order valence-electron chi connectivity index (χ4n) is 1.28. The molecule has 0 spiro atoms. The van der Waals surface area contributed by atoms with Crippen LogP contribution in [0.15, 0.2) is 17.0 Å². The molecule has 1 aromatic carbocycles. The third-order valence-electron chi connectivity index (χ3n) is 1.88. The van der Waals surface area contributed by atoms with Crippen molar-refractivity contribution in [3.05, 3.63) is 17.7 Å². The van der Waals surface area contributed by atoms with Crippen molar-refractivity contribution in [2.24, 2.45) is 0 Å². The van der Waals surface area contributed by atoms with E-state index >= 15 is 0 Å². The number of thioether (sulfide) groups is 1. The van der Waals surface area contributed by atoms with Gasteiger partial charge in [0.05, 0.1) is 18.6 Å². The number of benzene rings is 1. The molecule has 0 amide bonds. The molecular formula is C10H14O3S. The minimum atomic E-state index is 0.164. The van der Waals surface area contributed by atoms with Gasteiger partial charge in [0, 0.05) is 7.11 Å². The first-order valence-electron chi connectivity index (χ1n) is 4.16. The van der Waals surface area contributed by atoms with Crippen molar-refractivity contribution in [2.45, 2.75) is 11.5 Å². The highest BCUT2D eigenvalue weighted by Gasteiger charge is 2.12. The molecule has 0 saturated carbocycles. The summed E-state index contributed by atoms with van der Waals surface area (Å²) >= 11 is 1.54. The summed E-state index contributed by atoms with van der Waals surface area (Å²) in [5.41, 5.74) is 1.02. The van der Waals surface area contributed by atoms with Crippen molar-refractivity contribution < 1.29 is 14.6 Å². The third-order valence-corrected chi connectivity index (χ3v) is 2.74. The van der Waals surface area contributed by atoms with Crippen molar-refractivity contribution in [1.82, 2.24) is 0 Å². The van der Waals surface area contributed by atoms with Crippen LogP contribution in [0.3, 0.4) is 0 Å². The molecule has 4 heteroatoms. The zero-order valence-electron chi connectivity index (χ0n) is 8.53. The smallest absolute Gasteiger partial charge is 0.174 e. The lowest BCUT2D eigenvalue weighted by molar-refractivity contribution is 0.182. The number of methoxy groups -OCH3 is 2. The van der Waals surface area contributed by atoms with Crippen molar-refractivity contribution in [1.29, 1.82) is 0 Å². The van der Waals surface area contributed by atoms with Crippen LogP contribution >= 0.6 is 11.8 Å². The molecule has 78 valence electrons. The highest BCUT2D eigenvalue weighted by atomic mass is 32.2. The molecular weight excluding hydrogens is 200 g/mol. The first-order valence-corrected chi connectivity index (χ1v) is 5.38. The molecule has 0 bridgehead atoms. The monoisotopic (exact) mass is 214 g/mol. The number of rotatable bonds is 4. The predicted octanol–water partition coefficient (Wildman–Crippen LogP) is 2.27. The average molecular weight is 214 g/mol. The van der Waals surface area contributed by atoms with Gasteiger partial charge in [-0.25, -0.2) is 0 Å². The molecule has 0 heterocycles. The zero-order chi connectivity index (χ0) is 10.6. The topological polar surface area (TPSA) is 38.7 Å². The van der Waals surface area contributed by atoms with Gasteiger partial charge in [0.1, 0.15) is 0 Å². The van der Waals surface area contributed by atoms with Crippen LogP contribution in [0.5, 0.6) is 11.5 Å². The lowest BCUT2D eigenvalue weighted by Gasteiger charge is -2.12. The van der Waals surface area contributed by atoms with Gasteiger partial charge in [-0.3, -0.25) is 0 Å². The Morgan fingerprint density at radius 1 is 1.36 bits per heavy atom. The van der Waals surface area contributed by atoms with Crippen LogP contribution < -0.4 is 4.74 Å². The summed E-state index contributed by atoms with van der Waals surface area (Å²) in [6, 6.07) is 3.46. The summed E-state index contributed by atoms with van der Waals surface area (Å²) in [6.45, 7) is 0.521. The molecule has 3 nitrogen and oxygen atoms in total. The molecule has 0 radical (unpaired) electrons. The van der Waals surface area contributed by atoms with E-state index in [9.17, 15) is 5.11 Å². The van der Waals surface area contributed by atoms with Crippen molar-refractivity contribution in [3.63, 3.8) is 0 Å². The molecule has 14 heavy (non-hydrogen) atoms. The Balaban J connectivity index is 3.18. The molecule has 1 aromatic rings. The molecule has 0 aliphatic carbocycles. The number of phenolic OH excluding ortho intramolecular Hbond substituents is 1. The van der Waals surface area contributed by atoms with Crippen molar-refractivity contribution >= 4 is 11.8 Å². The summed E-state index contributed by atoms with van der Waals surface area (Å²) in [5.74, 6) is 0.684. The molecule has 0 aliphatic rings. The van der Waals surface area contributed by atoms with E-state index < -0.39 is 0 Å². The Labute approximate surface area is 88.0 Å². The minimum absolute atomic E-state index is 0.164. The lowest BCUT2D eigenvalue weighted by Crippen LogP contribution is -1.94. The van der Waals surface area contributed by atoms with Gasteiger partial charge in [-0.2, -0.15) is 0 Å². The number of hydrogen-bond donors (Lipinski definition) is 1. The van der Waals surface area contributed by atoms with Gasteiger partial charge in [-0.05, 0) is 17.9 Å². The molecule has 1 rings (SSSR count). The SMILES string of the molecule is COCc1ccc(O)c(OC)c1SC. The maximum Gasteiger partial charge on any atom is 0.174 e. The Morgan fingerprint density at radius 3 is 2.57 bits per heavy atom. The number of aromatic hydroxyl groups is 1. The summed E-state index contributed by atoms with van der Waals surface area (Å²) < 4.78 is 10.2. The van der Waals surface area contributed by atoms with E-state index in [2.05, 4.69) is 0 Å². The Kier molecular flexibility index (Phi) is 4.10. The highest BCUT2D eigenvalue weighted by molar-refractivity contribution is 7.98. The van der Waals surface area contributed by atoms with Crippen LogP contribution in [0.2, 0.25) is 0 Å². The fraction of sp³-hybridized carbons (Fsp3) is 0.400. The van der Waals surface area contributed by atoms with Gasteiger partial charge >= 0.3 is 0 Å². The van der Waals surface area contributed by atoms with Crippen molar-refractivity contribution in [2.75, 3.05) is 20.5 Å². The van der Waals surface area contributed by atoms with Crippen LogP contribution in [0.25, 0.3) is 0 Å². The molecule has 0 unspecified atom stereocenters. The molecule has 1 N–H and O–H groups in total. The van der Waals surface area contributed by atoms with E-state index in [0.29, 0.717) is 12.4 Å². The predicted molar refractivity (Wildman–Crippen MR) is 57.2 cm³/mol. The van der Waals surface area contributed by atoms with Gasteiger partial charge < -0.3 is 14.6 Å². The summed E-state index contributed by atoms with van der Waals surface area (Å²) in [6.07, 6.45) is 1.94. The maximum atomic E-state index is 9.54. The van der Waals surface area contributed by atoms with E-state index in [1.807, 2.05) is 12.3 Å². The first kappa shape index (κ1) is 11.2. The number of phenols is 1. The van der Waals surface area contributed by atoms with Gasteiger partial charge in [-0.15, -0.1) is 11.8 Å². The average Bonchev–Trinajstić information content (AvgIpc) is 2.20. The number of ether oxygens (including phenoxy) is 2. The highest BCUT2D eigenvalue weighted by Crippen LogP contribution is 2.38. The largest absolute Gasteiger partial charge is 0.504 e. The molecule has 0 saturated heterocycles. The summed E-state index contributed by atoms with van der Waals surface area (Å²) in [7, 11) is 3.19. The molecule has 0 aliphatic heterocycles. The minimum Gasteiger partial charge on any atom is -0.504 e. The van der Waals surface area contributed by atoms with Crippen LogP contribution in [-0.4, -0.2) is 25.6 Å². The first-order chi connectivity index (χ1) is 6.74. The lowest BCUT2D eigenvalue weighted by atomic mass is 10.2. The van der Waals surface area contributed by atoms with Crippen LogP contribution in [0.1, 0.15) is 5.56 Å². The Morgan fingerprint density at radius 2 is 2.07 bits per heavy atom. The quantitative estimate of drug-likeness (QED) is 0.780. The normalized spacial score (nSPS) is 10.2. The molecule has 0 aromatic heterocycles. The second-order valence-corrected chi connectivity index (χ2v) is 3.56.